The van der Waals surface area contributed by atoms with E-state index in [0.717, 1.165) is 11.1 Å². The number of alkyl halides is 3. The first-order valence-electron chi connectivity index (χ1n) is 9.56. The molecule has 0 bridgehead atoms. The van der Waals surface area contributed by atoms with Crippen LogP contribution < -0.4 is 15.1 Å². The topological polar surface area (TPSA) is 85.7 Å². The van der Waals surface area contributed by atoms with Crippen molar-refractivity contribution in [3.8, 4) is 6.07 Å². The number of ether oxygens (including phenoxy) is 1. The Bertz CT molecular complexity index is 948. The Kier molecular flexibility index (Phi) is 7.20. The monoisotopic (exact) mass is 488 g/mol. The maximum atomic E-state index is 14.8. The van der Waals surface area contributed by atoms with Crippen LogP contribution in [0.5, 0.6) is 0 Å². The number of cyclic esters (lactones) is 1. The number of nitrogens with one attached hydrogen (secondary N) is 1. The van der Waals surface area contributed by atoms with Crippen LogP contribution in [-0.4, -0.2) is 48.1 Å². The Morgan fingerprint density at radius 2 is 2.03 bits per heavy atom. The van der Waals surface area contributed by atoms with Crippen molar-refractivity contribution in [2.24, 2.45) is 0 Å². The number of allylic oxidation sites excluding steroid dienone is 1. The summed E-state index contributed by atoms with van der Waals surface area (Å²) < 4.78 is 17.9. The highest BCUT2D eigenvalue weighted by atomic mass is 35.6. The number of nitrogens with zero attached hydrogens (tertiary/aromatic N) is 3. The van der Waals surface area contributed by atoms with E-state index in [1.165, 1.54) is 11.0 Å². The number of amides is 2. The summed E-state index contributed by atoms with van der Waals surface area (Å²) in [7, 11) is 0. The van der Waals surface area contributed by atoms with E-state index in [1.807, 2.05) is 4.90 Å². The molecule has 2 heterocycles. The van der Waals surface area contributed by atoms with E-state index in [-0.39, 0.29) is 13.1 Å². The van der Waals surface area contributed by atoms with Gasteiger partial charge in [0.15, 0.2) is 0 Å². The van der Waals surface area contributed by atoms with Gasteiger partial charge in [0.1, 0.15) is 11.9 Å². The summed E-state index contributed by atoms with van der Waals surface area (Å²) in [5, 5.41) is 11.4. The van der Waals surface area contributed by atoms with E-state index in [9.17, 15) is 14.0 Å². The lowest BCUT2D eigenvalue weighted by molar-refractivity contribution is -0.120. The molecule has 1 unspecified atom stereocenters. The largest absolute Gasteiger partial charge is 0.442 e. The molecule has 0 saturated carbocycles. The molecule has 2 saturated heterocycles. The number of rotatable bonds is 4. The SMILES string of the molecule is CC(C#N)=C1CCN(c2ccc(N3CC(CNC(=O)C(Cl)(Cl)Cl)OC3=O)cc2F)CC1. The van der Waals surface area contributed by atoms with Crippen molar-refractivity contribution in [1.82, 2.24) is 5.32 Å². The van der Waals surface area contributed by atoms with Gasteiger partial charge in [0, 0.05) is 18.7 Å². The van der Waals surface area contributed by atoms with Crippen molar-refractivity contribution >= 4 is 58.2 Å². The van der Waals surface area contributed by atoms with Crippen LogP contribution in [0.2, 0.25) is 0 Å². The molecule has 0 radical (unpaired) electrons. The minimum atomic E-state index is -2.11. The van der Waals surface area contributed by atoms with Crippen molar-refractivity contribution in [1.29, 1.82) is 5.26 Å². The van der Waals surface area contributed by atoms with Crippen LogP contribution in [0, 0.1) is 17.1 Å². The number of carbonyl (C=O) groups is 2. The Labute approximate surface area is 194 Å². The molecular formula is C20H20Cl3FN4O3. The second-order valence-corrected chi connectivity index (χ2v) is 9.57. The number of anilines is 2. The summed E-state index contributed by atoms with van der Waals surface area (Å²) in [6.45, 7) is 3.10. The lowest BCUT2D eigenvalue weighted by atomic mass is 9.99. The zero-order valence-corrected chi connectivity index (χ0v) is 18.9. The standard InChI is InChI=1S/C20H20Cl3FN4O3/c1-12(9-25)13-4-6-27(7-5-13)17-3-2-14(8-16(17)24)28-11-15(31-19(28)30)10-26-18(29)20(21,22)23/h2-3,8,15H,4-7,10-11H2,1H3,(H,26,29). The van der Waals surface area contributed by atoms with Crippen LogP contribution in [0.3, 0.4) is 0 Å². The molecule has 2 aliphatic rings. The minimum absolute atomic E-state index is 0.0404. The number of benzene rings is 1. The Morgan fingerprint density at radius 1 is 1.35 bits per heavy atom. The van der Waals surface area contributed by atoms with Gasteiger partial charge >= 0.3 is 6.09 Å². The second kappa shape index (κ2) is 9.51. The number of carbonyl (C=O) groups excluding carboxylic acids is 2. The van der Waals surface area contributed by atoms with E-state index in [4.69, 9.17) is 44.8 Å². The molecule has 1 atom stereocenters. The molecule has 2 amide bonds. The molecule has 3 rings (SSSR count). The molecule has 7 nitrogen and oxygen atoms in total. The van der Waals surface area contributed by atoms with E-state index < -0.39 is 27.7 Å². The minimum Gasteiger partial charge on any atom is -0.442 e. The average molecular weight is 490 g/mol. The maximum absolute atomic E-state index is 14.8. The van der Waals surface area contributed by atoms with E-state index >= 15 is 0 Å². The molecule has 31 heavy (non-hydrogen) atoms. The number of hydrogen-bond acceptors (Lipinski definition) is 5. The maximum Gasteiger partial charge on any atom is 0.414 e. The summed E-state index contributed by atoms with van der Waals surface area (Å²) in [4.78, 5) is 27.0. The van der Waals surface area contributed by atoms with Crippen molar-refractivity contribution < 1.29 is 18.7 Å². The van der Waals surface area contributed by atoms with Crippen LogP contribution in [0.15, 0.2) is 29.3 Å². The van der Waals surface area contributed by atoms with Gasteiger partial charge in [-0.05, 0) is 38.0 Å². The number of hydrogen-bond donors (Lipinski definition) is 1. The lowest BCUT2D eigenvalue weighted by Gasteiger charge is -2.31. The predicted molar refractivity (Wildman–Crippen MR) is 117 cm³/mol. The van der Waals surface area contributed by atoms with Crippen LogP contribution >= 0.6 is 34.8 Å². The third kappa shape index (κ3) is 5.53. The van der Waals surface area contributed by atoms with Gasteiger partial charge in [-0.3, -0.25) is 9.69 Å². The Morgan fingerprint density at radius 3 is 2.61 bits per heavy atom. The van der Waals surface area contributed by atoms with Crippen LogP contribution in [0.25, 0.3) is 0 Å². The van der Waals surface area contributed by atoms with Crippen LogP contribution in [0.4, 0.5) is 20.6 Å². The summed E-state index contributed by atoms with van der Waals surface area (Å²) in [6.07, 6.45) is 0.101. The first kappa shape index (κ1) is 23.5. The van der Waals surface area contributed by atoms with Crippen molar-refractivity contribution in [2.45, 2.75) is 29.7 Å². The number of piperidine rings is 1. The molecule has 1 aromatic carbocycles. The lowest BCUT2D eigenvalue weighted by Crippen LogP contribution is -2.40. The van der Waals surface area contributed by atoms with Crippen molar-refractivity contribution in [3.05, 3.63) is 35.2 Å². The number of halogens is 4. The highest BCUT2D eigenvalue weighted by Gasteiger charge is 2.35. The van der Waals surface area contributed by atoms with Gasteiger partial charge in [-0.1, -0.05) is 40.4 Å². The quantitative estimate of drug-likeness (QED) is 0.509. The molecule has 11 heteroatoms. The highest BCUT2D eigenvalue weighted by Crippen LogP contribution is 2.31. The first-order chi connectivity index (χ1) is 14.6. The third-order valence-corrected chi connectivity index (χ3v) is 5.79. The van der Waals surface area contributed by atoms with Gasteiger partial charge < -0.3 is 15.0 Å². The average Bonchev–Trinajstić information content (AvgIpc) is 3.11. The summed E-state index contributed by atoms with van der Waals surface area (Å²) in [5.74, 6) is -1.28. The molecule has 0 aliphatic carbocycles. The van der Waals surface area contributed by atoms with Crippen molar-refractivity contribution in [3.63, 3.8) is 0 Å². The summed E-state index contributed by atoms with van der Waals surface area (Å²) in [5.41, 5.74) is 2.61. The second-order valence-electron chi connectivity index (χ2n) is 7.29. The van der Waals surface area contributed by atoms with Gasteiger partial charge in [0.05, 0.1) is 30.5 Å². The third-order valence-electron chi connectivity index (χ3n) is 5.27. The van der Waals surface area contributed by atoms with E-state index in [1.54, 1.807) is 19.1 Å². The van der Waals surface area contributed by atoms with Gasteiger partial charge in [-0.2, -0.15) is 5.26 Å². The molecule has 2 aliphatic heterocycles. The first-order valence-corrected chi connectivity index (χ1v) is 10.7. The van der Waals surface area contributed by atoms with Gasteiger partial charge in [0.25, 0.3) is 9.70 Å². The Balaban J connectivity index is 1.63. The zero-order valence-electron chi connectivity index (χ0n) is 16.6. The fraction of sp³-hybridized carbons (Fsp3) is 0.450. The predicted octanol–water partition coefficient (Wildman–Crippen LogP) is 4.08. The van der Waals surface area contributed by atoms with Crippen LogP contribution in [-0.2, 0) is 9.53 Å². The molecule has 1 N–H and O–H groups in total. The molecule has 2 fully saturated rings. The Hall–Kier alpha value is -2.21. The van der Waals surface area contributed by atoms with E-state index in [0.29, 0.717) is 37.3 Å². The fourth-order valence-electron chi connectivity index (χ4n) is 3.54. The zero-order chi connectivity index (χ0) is 22.8. The van der Waals surface area contributed by atoms with Gasteiger partial charge in [0.2, 0.25) is 0 Å². The molecular weight excluding hydrogens is 470 g/mol. The van der Waals surface area contributed by atoms with Gasteiger partial charge in [-0.25, -0.2) is 9.18 Å². The fourth-order valence-corrected chi connectivity index (χ4v) is 3.74. The van der Waals surface area contributed by atoms with Crippen LogP contribution in [0.1, 0.15) is 19.8 Å². The molecule has 0 aromatic heterocycles. The van der Waals surface area contributed by atoms with E-state index in [2.05, 4.69) is 11.4 Å². The smallest absolute Gasteiger partial charge is 0.414 e. The molecule has 166 valence electrons. The van der Waals surface area contributed by atoms with Gasteiger partial charge in [-0.15, -0.1) is 0 Å². The molecule has 1 aromatic rings. The number of nitriles is 1. The summed E-state index contributed by atoms with van der Waals surface area (Å²) in [6, 6.07) is 6.72. The summed E-state index contributed by atoms with van der Waals surface area (Å²) >= 11 is 16.5. The normalized spacial score (nSPS) is 19.2. The van der Waals surface area contributed by atoms with Crippen molar-refractivity contribution in [2.75, 3.05) is 36.0 Å². The molecule has 0 spiro atoms. The highest BCUT2D eigenvalue weighted by molar-refractivity contribution is 6.76.